The van der Waals surface area contributed by atoms with Crippen LogP contribution in [0, 0.1) is 10.1 Å². The number of halogens is 1. The highest BCUT2D eigenvalue weighted by Crippen LogP contribution is 2.28. The van der Waals surface area contributed by atoms with Gasteiger partial charge in [0.05, 0.1) is 22.9 Å². The highest BCUT2D eigenvalue weighted by Gasteiger charge is 2.15. The first-order chi connectivity index (χ1) is 13.5. The number of anilines is 1. The molecule has 3 aromatic rings. The van der Waals surface area contributed by atoms with Gasteiger partial charge < -0.3 is 10.1 Å². The number of ether oxygens (including phenoxy) is 1. The lowest BCUT2D eigenvalue weighted by Crippen LogP contribution is -2.14. The molecule has 1 N–H and O–H groups in total. The molecule has 0 aliphatic rings. The first-order valence-electron chi connectivity index (χ1n) is 8.52. The number of nitro groups is 1. The van der Waals surface area contributed by atoms with Crippen molar-refractivity contribution < 1.29 is 14.5 Å². The second kappa shape index (κ2) is 8.53. The van der Waals surface area contributed by atoms with Crippen molar-refractivity contribution in [2.75, 3.05) is 11.9 Å². The van der Waals surface area contributed by atoms with Crippen LogP contribution in [0.5, 0.6) is 5.75 Å². The van der Waals surface area contributed by atoms with Gasteiger partial charge in [0, 0.05) is 23.4 Å². The smallest absolute Gasteiger partial charge is 0.276 e. The number of nitrogens with one attached hydrogen (secondary N) is 1. The minimum atomic E-state index is -0.488. The molecule has 0 bridgehead atoms. The van der Waals surface area contributed by atoms with Gasteiger partial charge in [0.25, 0.3) is 11.6 Å². The fraction of sp³-hybridized carbons (Fsp3) is 0.158. The van der Waals surface area contributed by atoms with E-state index in [9.17, 15) is 14.9 Å². The van der Waals surface area contributed by atoms with Crippen LogP contribution in [0.25, 0.3) is 5.69 Å². The van der Waals surface area contributed by atoms with E-state index in [-0.39, 0.29) is 11.4 Å². The Labute approximate surface area is 165 Å². The molecule has 3 rings (SSSR count). The molecule has 0 saturated heterocycles. The average Bonchev–Trinajstić information content (AvgIpc) is 3.18. The van der Waals surface area contributed by atoms with Gasteiger partial charge in [0.2, 0.25) is 0 Å². The summed E-state index contributed by atoms with van der Waals surface area (Å²) in [5.41, 5.74) is 1.00. The van der Waals surface area contributed by atoms with Gasteiger partial charge in [0.1, 0.15) is 5.75 Å². The van der Waals surface area contributed by atoms with Crippen LogP contribution < -0.4 is 10.1 Å². The van der Waals surface area contributed by atoms with Crippen molar-refractivity contribution in [1.82, 2.24) is 9.78 Å². The lowest BCUT2D eigenvalue weighted by molar-refractivity contribution is -0.384. The number of nitro benzene ring substituents is 1. The zero-order valence-corrected chi connectivity index (χ0v) is 15.7. The Morgan fingerprint density at radius 1 is 1.29 bits per heavy atom. The number of rotatable bonds is 7. The molecule has 0 radical (unpaired) electrons. The van der Waals surface area contributed by atoms with E-state index < -0.39 is 10.8 Å². The van der Waals surface area contributed by atoms with Gasteiger partial charge in [-0.3, -0.25) is 14.9 Å². The number of aromatic nitrogens is 2. The molecule has 0 spiro atoms. The predicted molar refractivity (Wildman–Crippen MR) is 105 cm³/mol. The molecule has 0 saturated carbocycles. The highest BCUT2D eigenvalue weighted by atomic mass is 35.5. The maximum absolute atomic E-state index is 12.6. The van der Waals surface area contributed by atoms with E-state index in [0.29, 0.717) is 28.8 Å². The third-order valence-electron chi connectivity index (χ3n) is 3.78. The topological polar surface area (TPSA) is 99.3 Å². The molecule has 0 unspecified atom stereocenters. The fourth-order valence-electron chi connectivity index (χ4n) is 2.46. The number of hydrogen-bond donors (Lipinski definition) is 1. The van der Waals surface area contributed by atoms with Crippen molar-refractivity contribution in [2.45, 2.75) is 13.3 Å². The van der Waals surface area contributed by atoms with E-state index in [2.05, 4.69) is 10.4 Å². The zero-order valence-electron chi connectivity index (χ0n) is 15.0. The third kappa shape index (κ3) is 4.47. The van der Waals surface area contributed by atoms with Gasteiger partial charge in [-0.2, -0.15) is 5.10 Å². The number of carbonyl (C=O) groups excluding carboxylic acids is 1. The first-order valence-corrected chi connectivity index (χ1v) is 8.90. The van der Waals surface area contributed by atoms with Gasteiger partial charge >= 0.3 is 0 Å². The van der Waals surface area contributed by atoms with Crippen LogP contribution in [0.1, 0.15) is 23.8 Å². The maximum atomic E-state index is 12.6. The molecule has 0 aliphatic carbocycles. The summed E-state index contributed by atoms with van der Waals surface area (Å²) >= 11 is 6.02. The zero-order chi connectivity index (χ0) is 20.1. The van der Waals surface area contributed by atoms with E-state index in [4.69, 9.17) is 16.3 Å². The van der Waals surface area contributed by atoms with Crippen LogP contribution in [-0.4, -0.2) is 27.2 Å². The SMILES string of the molecule is CCCOc1ccc(Cl)cc1NC(=O)c1ccn(-c2cccc([N+](=O)[O-])c2)n1. The monoisotopic (exact) mass is 400 g/mol. The van der Waals surface area contributed by atoms with Gasteiger partial charge in [-0.15, -0.1) is 0 Å². The highest BCUT2D eigenvalue weighted by molar-refractivity contribution is 6.31. The van der Waals surface area contributed by atoms with Crippen LogP contribution in [0.15, 0.2) is 54.7 Å². The van der Waals surface area contributed by atoms with Crippen molar-refractivity contribution in [3.63, 3.8) is 0 Å². The Morgan fingerprint density at radius 2 is 2.11 bits per heavy atom. The fourth-order valence-corrected chi connectivity index (χ4v) is 2.63. The molecule has 1 amide bonds. The van der Waals surface area contributed by atoms with Crippen molar-refractivity contribution in [3.05, 3.63) is 75.6 Å². The summed E-state index contributed by atoms with van der Waals surface area (Å²) in [6.45, 7) is 2.49. The third-order valence-corrected chi connectivity index (χ3v) is 4.01. The minimum absolute atomic E-state index is 0.0596. The van der Waals surface area contributed by atoms with Crippen molar-refractivity contribution in [1.29, 1.82) is 0 Å². The molecule has 0 aliphatic heterocycles. The standard InChI is InChI=1S/C19H17ClN4O4/c1-2-10-28-18-7-6-13(20)11-17(18)21-19(25)16-8-9-23(22-16)14-4-3-5-15(12-14)24(26)27/h3-9,11-12H,2,10H2,1H3,(H,21,25). The van der Waals surface area contributed by atoms with E-state index in [1.807, 2.05) is 6.92 Å². The molecule has 0 fully saturated rings. The molecular weight excluding hydrogens is 384 g/mol. The van der Waals surface area contributed by atoms with Crippen LogP contribution >= 0.6 is 11.6 Å². The average molecular weight is 401 g/mol. The number of carbonyl (C=O) groups is 1. The van der Waals surface area contributed by atoms with E-state index >= 15 is 0 Å². The summed E-state index contributed by atoms with van der Waals surface area (Å²) in [5.74, 6) is 0.0607. The summed E-state index contributed by atoms with van der Waals surface area (Å²) in [6.07, 6.45) is 2.38. The van der Waals surface area contributed by atoms with E-state index in [1.54, 1.807) is 36.5 Å². The molecule has 144 valence electrons. The molecular formula is C19H17ClN4O4. The van der Waals surface area contributed by atoms with Crippen LogP contribution in [0.2, 0.25) is 5.02 Å². The van der Waals surface area contributed by atoms with Gasteiger partial charge in [-0.05, 0) is 36.8 Å². The second-order valence-corrected chi connectivity index (χ2v) is 6.30. The van der Waals surface area contributed by atoms with Gasteiger partial charge in [-0.1, -0.05) is 24.6 Å². The van der Waals surface area contributed by atoms with Crippen molar-refractivity contribution in [3.8, 4) is 11.4 Å². The van der Waals surface area contributed by atoms with Crippen LogP contribution in [-0.2, 0) is 0 Å². The van der Waals surface area contributed by atoms with E-state index in [1.165, 1.54) is 22.9 Å². The Balaban J connectivity index is 1.81. The summed E-state index contributed by atoms with van der Waals surface area (Å²) in [6, 6.07) is 12.5. The number of hydrogen-bond acceptors (Lipinski definition) is 5. The summed E-state index contributed by atoms with van der Waals surface area (Å²) < 4.78 is 7.02. The quantitative estimate of drug-likeness (QED) is 0.465. The Bertz CT molecular complexity index is 1020. The normalized spacial score (nSPS) is 10.5. The van der Waals surface area contributed by atoms with Crippen molar-refractivity contribution >= 4 is 28.9 Å². The Morgan fingerprint density at radius 3 is 2.86 bits per heavy atom. The summed E-state index contributed by atoms with van der Waals surface area (Å²) in [7, 11) is 0. The van der Waals surface area contributed by atoms with Gasteiger partial charge in [0.15, 0.2) is 5.69 Å². The molecule has 2 aromatic carbocycles. The molecule has 8 nitrogen and oxygen atoms in total. The Hall–Kier alpha value is -3.39. The van der Waals surface area contributed by atoms with Crippen molar-refractivity contribution in [2.24, 2.45) is 0 Å². The Kier molecular flexibility index (Phi) is 5.90. The molecule has 9 heteroatoms. The van der Waals surface area contributed by atoms with Crippen LogP contribution in [0.4, 0.5) is 11.4 Å². The van der Waals surface area contributed by atoms with E-state index in [0.717, 1.165) is 6.42 Å². The second-order valence-electron chi connectivity index (χ2n) is 5.87. The first kappa shape index (κ1) is 19.4. The maximum Gasteiger partial charge on any atom is 0.276 e. The number of nitrogens with zero attached hydrogens (tertiary/aromatic N) is 3. The number of non-ortho nitro benzene ring substituents is 1. The molecule has 1 aromatic heterocycles. The largest absolute Gasteiger partial charge is 0.491 e. The minimum Gasteiger partial charge on any atom is -0.491 e. The van der Waals surface area contributed by atoms with Crippen LogP contribution in [0.3, 0.4) is 0 Å². The van der Waals surface area contributed by atoms with Gasteiger partial charge in [-0.25, -0.2) is 4.68 Å². The molecule has 28 heavy (non-hydrogen) atoms. The summed E-state index contributed by atoms with van der Waals surface area (Å²) in [5, 5.41) is 18.3. The lowest BCUT2D eigenvalue weighted by atomic mass is 10.2. The lowest BCUT2D eigenvalue weighted by Gasteiger charge is -2.12. The molecule has 1 heterocycles. The predicted octanol–water partition coefficient (Wildman–Crippen LogP) is 4.48. The summed E-state index contributed by atoms with van der Waals surface area (Å²) in [4.78, 5) is 23.0. The number of benzene rings is 2. The number of amides is 1. The molecule has 0 atom stereocenters.